The van der Waals surface area contributed by atoms with Crippen LogP contribution in [0.3, 0.4) is 0 Å². The zero-order valence-electron chi connectivity index (χ0n) is 13.9. The number of fused-ring (bicyclic) bond motifs is 1. The summed E-state index contributed by atoms with van der Waals surface area (Å²) in [4.78, 5) is 16.0. The molecule has 2 unspecified atom stereocenters. The summed E-state index contributed by atoms with van der Waals surface area (Å²) in [6.45, 7) is 3.66. The molecule has 4 rings (SSSR count). The number of anilines is 1. The number of hydrogen-bond acceptors (Lipinski definition) is 7. The summed E-state index contributed by atoms with van der Waals surface area (Å²) < 4.78 is 20.0. The molecule has 25 heavy (non-hydrogen) atoms. The van der Waals surface area contributed by atoms with Crippen molar-refractivity contribution < 1.29 is 19.3 Å². The van der Waals surface area contributed by atoms with E-state index in [1.54, 1.807) is 18.3 Å². The third-order valence-corrected chi connectivity index (χ3v) is 5.35. The zero-order valence-corrected chi connectivity index (χ0v) is 13.9. The van der Waals surface area contributed by atoms with Crippen molar-refractivity contribution in [3.05, 3.63) is 35.4 Å². The first kappa shape index (κ1) is 16.7. The highest BCUT2D eigenvalue weighted by Gasteiger charge is 2.60. The maximum atomic E-state index is 12.3. The van der Waals surface area contributed by atoms with Gasteiger partial charge in [-0.05, 0) is 18.9 Å². The molecule has 0 radical (unpaired) electrons. The van der Waals surface area contributed by atoms with Crippen molar-refractivity contribution in [2.24, 2.45) is 5.92 Å². The number of hydrogen-bond donors (Lipinski definition) is 2. The van der Waals surface area contributed by atoms with Crippen LogP contribution in [0.25, 0.3) is 0 Å². The first-order valence-electron chi connectivity index (χ1n) is 8.66. The summed E-state index contributed by atoms with van der Waals surface area (Å²) in [5.41, 5.74) is 5.08. The standard InChI is InChI=1S/C17H23N3O5/c1-2-10(9-21)12-13-14(25-17(24-13)6-3-4-7-17)15(23-12)20-8-5-11(18)19-16(20)22/h2,5,8,10,12-15,21H,1,3-4,6-7,9H2,(H2,18,19,22)/t10?,12?,13-,14-,15-/m1/s1. The third kappa shape index (κ3) is 2.69. The topological polar surface area (TPSA) is 109 Å². The number of rotatable bonds is 4. The molecule has 0 aromatic carbocycles. The molecule has 2 aliphatic heterocycles. The normalized spacial score (nSPS) is 34.3. The molecule has 2 saturated heterocycles. The second-order valence-electron chi connectivity index (χ2n) is 6.90. The number of nitrogens with zero attached hydrogens (tertiary/aromatic N) is 2. The van der Waals surface area contributed by atoms with Crippen LogP contribution in [0.5, 0.6) is 0 Å². The molecule has 1 spiro atoms. The second kappa shape index (κ2) is 6.21. The first-order chi connectivity index (χ1) is 12.1. The lowest BCUT2D eigenvalue weighted by molar-refractivity contribution is -0.217. The van der Waals surface area contributed by atoms with E-state index in [0.29, 0.717) is 0 Å². The van der Waals surface area contributed by atoms with Crippen LogP contribution in [0.1, 0.15) is 31.9 Å². The summed E-state index contributed by atoms with van der Waals surface area (Å²) >= 11 is 0. The van der Waals surface area contributed by atoms with Gasteiger partial charge in [0, 0.05) is 25.0 Å². The molecular formula is C17H23N3O5. The van der Waals surface area contributed by atoms with Gasteiger partial charge >= 0.3 is 5.69 Å². The fourth-order valence-electron chi connectivity index (χ4n) is 4.10. The Morgan fingerprint density at radius 2 is 2.16 bits per heavy atom. The number of aliphatic hydroxyl groups is 1. The minimum absolute atomic E-state index is 0.116. The van der Waals surface area contributed by atoms with Gasteiger partial charge in [-0.3, -0.25) is 4.57 Å². The van der Waals surface area contributed by atoms with Crippen LogP contribution >= 0.6 is 0 Å². The molecule has 1 saturated carbocycles. The van der Waals surface area contributed by atoms with Crippen molar-refractivity contribution in [3.8, 4) is 0 Å². The van der Waals surface area contributed by atoms with E-state index >= 15 is 0 Å². The van der Waals surface area contributed by atoms with E-state index in [1.807, 2.05) is 0 Å². The van der Waals surface area contributed by atoms with E-state index in [1.165, 1.54) is 4.57 Å². The van der Waals surface area contributed by atoms with Gasteiger partial charge in [0.1, 0.15) is 18.0 Å². The number of nitrogen functional groups attached to an aromatic ring is 1. The molecule has 3 fully saturated rings. The highest BCUT2D eigenvalue weighted by Crippen LogP contribution is 2.50. The highest BCUT2D eigenvalue weighted by atomic mass is 16.8. The molecule has 3 aliphatic rings. The van der Waals surface area contributed by atoms with E-state index in [4.69, 9.17) is 19.9 Å². The summed E-state index contributed by atoms with van der Waals surface area (Å²) in [6.07, 6.45) is 5.01. The third-order valence-electron chi connectivity index (χ3n) is 5.35. The van der Waals surface area contributed by atoms with Gasteiger partial charge in [0.05, 0.1) is 12.7 Å². The lowest BCUT2D eigenvalue weighted by atomic mass is 9.97. The molecule has 3 heterocycles. The van der Waals surface area contributed by atoms with E-state index in [0.717, 1.165) is 25.7 Å². The molecule has 0 amide bonds. The molecule has 1 aliphatic carbocycles. The second-order valence-corrected chi connectivity index (χ2v) is 6.90. The van der Waals surface area contributed by atoms with Gasteiger partial charge in [0.15, 0.2) is 12.0 Å². The molecule has 3 N–H and O–H groups in total. The zero-order chi connectivity index (χ0) is 17.6. The molecule has 136 valence electrons. The van der Waals surface area contributed by atoms with Crippen LogP contribution < -0.4 is 11.4 Å². The fraction of sp³-hybridized carbons (Fsp3) is 0.647. The van der Waals surface area contributed by atoms with Gasteiger partial charge in [-0.1, -0.05) is 6.08 Å². The minimum Gasteiger partial charge on any atom is -0.396 e. The van der Waals surface area contributed by atoms with E-state index in [9.17, 15) is 9.90 Å². The predicted molar refractivity (Wildman–Crippen MR) is 88.5 cm³/mol. The van der Waals surface area contributed by atoms with Crippen molar-refractivity contribution >= 4 is 5.82 Å². The maximum Gasteiger partial charge on any atom is 0.351 e. The summed E-state index contributed by atoms with van der Waals surface area (Å²) in [6, 6.07) is 1.55. The Kier molecular flexibility index (Phi) is 4.15. The van der Waals surface area contributed by atoms with Crippen molar-refractivity contribution in [1.82, 2.24) is 9.55 Å². The van der Waals surface area contributed by atoms with Crippen LogP contribution in [0, 0.1) is 5.92 Å². The SMILES string of the molecule is C=CC(CO)C1O[C@@H](n2ccc(N)nc2=O)[C@@H]2OC3(CCCC3)O[C@H]12. The predicted octanol–water partition coefficient (Wildman–Crippen LogP) is 0.572. The smallest absolute Gasteiger partial charge is 0.351 e. The summed E-state index contributed by atoms with van der Waals surface area (Å²) in [5, 5.41) is 9.67. The maximum absolute atomic E-state index is 12.3. The van der Waals surface area contributed by atoms with Crippen molar-refractivity contribution in [1.29, 1.82) is 0 Å². The molecular weight excluding hydrogens is 326 g/mol. The molecule has 8 heteroatoms. The first-order valence-corrected chi connectivity index (χ1v) is 8.66. The Bertz CT molecular complexity index is 714. The number of nitrogens with two attached hydrogens (primary N) is 1. The minimum atomic E-state index is -0.676. The molecule has 8 nitrogen and oxygen atoms in total. The van der Waals surface area contributed by atoms with Crippen LogP contribution in [0.2, 0.25) is 0 Å². The Labute approximate surface area is 145 Å². The van der Waals surface area contributed by atoms with Crippen LogP contribution in [-0.2, 0) is 14.2 Å². The van der Waals surface area contributed by atoms with E-state index in [2.05, 4.69) is 11.6 Å². The average molecular weight is 349 g/mol. The Balaban J connectivity index is 1.70. The monoisotopic (exact) mass is 349 g/mol. The molecule has 1 aromatic heterocycles. The summed E-state index contributed by atoms with van der Waals surface area (Å²) in [7, 11) is 0. The van der Waals surface area contributed by atoms with Crippen molar-refractivity contribution in [2.45, 2.75) is 56.0 Å². The summed E-state index contributed by atoms with van der Waals surface area (Å²) in [5.74, 6) is -0.764. The van der Waals surface area contributed by atoms with Gasteiger partial charge in [0.2, 0.25) is 0 Å². The largest absolute Gasteiger partial charge is 0.396 e. The van der Waals surface area contributed by atoms with Crippen LogP contribution in [0.4, 0.5) is 5.82 Å². The fourth-order valence-corrected chi connectivity index (χ4v) is 4.10. The molecule has 5 atom stereocenters. The number of ether oxygens (including phenoxy) is 3. The highest BCUT2D eigenvalue weighted by molar-refractivity contribution is 5.23. The lowest BCUT2D eigenvalue weighted by Crippen LogP contribution is -2.37. The number of aromatic nitrogens is 2. The quantitative estimate of drug-likeness (QED) is 0.765. The van der Waals surface area contributed by atoms with Gasteiger partial charge in [0.25, 0.3) is 0 Å². The molecule has 0 bridgehead atoms. The van der Waals surface area contributed by atoms with E-state index < -0.39 is 29.9 Å². The van der Waals surface area contributed by atoms with Gasteiger partial charge in [-0.15, -0.1) is 6.58 Å². The average Bonchev–Trinajstić information content (AvgIpc) is 3.27. The number of aliphatic hydroxyl groups excluding tert-OH is 1. The Morgan fingerprint density at radius 1 is 1.44 bits per heavy atom. The Morgan fingerprint density at radius 3 is 2.80 bits per heavy atom. The van der Waals surface area contributed by atoms with Gasteiger partial charge in [-0.2, -0.15) is 4.98 Å². The van der Waals surface area contributed by atoms with Crippen molar-refractivity contribution in [2.75, 3.05) is 12.3 Å². The molecule has 1 aromatic rings. The van der Waals surface area contributed by atoms with Crippen molar-refractivity contribution in [3.63, 3.8) is 0 Å². The van der Waals surface area contributed by atoms with Gasteiger partial charge in [-0.25, -0.2) is 4.79 Å². The van der Waals surface area contributed by atoms with E-state index in [-0.39, 0.29) is 24.4 Å². The van der Waals surface area contributed by atoms with Crippen LogP contribution in [-0.4, -0.2) is 45.4 Å². The lowest BCUT2D eigenvalue weighted by Gasteiger charge is -2.29. The van der Waals surface area contributed by atoms with Crippen LogP contribution in [0.15, 0.2) is 29.7 Å². The van der Waals surface area contributed by atoms with Gasteiger partial charge < -0.3 is 25.1 Å². The Hall–Kier alpha value is -1.74.